The van der Waals surface area contributed by atoms with Gasteiger partial charge in [0.05, 0.1) is 25.0 Å². The van der Waals surface area contributed by atoms with Gasteiger partial charge in [-0.2, -0.15) is 0 Å². The second-order valence-corrected chi connectivity index (χ2v) is 6.02. The number of hydrogen-bond acceptors (Lipinski definition) is 6. The topological polar surface area (TPSA) is 85.7 Å². The molecule has 7 heteroatoms. The van der Waals surface area contributed by atoms with Crippen molar-refractivity contribution in [1.29, 1.82) is 0 Å². The summed E-state index contributed by atoms with van der Waals surface area (Å²) in [5.74, 6) is -1.22. The molecule has 1 rings (SSSR count). The van der Waals surface area contributed by atoms with Gasteiger partial charge in [-0.1, -0.05) is 11.6 Å². The molecule has 134 valence electrons. The molecule has 0 bridgehead atoms. The normalized spacial score (nSPS) is 12.5. The zero-order valence-electron chi connectivity index (χ0n) is 14.3. The first-order chi connectivity index (χ1) is 11.3. The number of aliphatic hydroxyl groups is 1. The minimum absolute atomic E-state index is 0.183. The highest BCUT2D eigenvalue weighted by molar-refractivity contribution is 6.30. The molecular formula is C17H24ClNO5. The highest BCUT2D eigenvalue weighted by atomic mass is 35.5. The summed E-state index contributed by atoms with van der Waals surface area (Å²) in [6.07, 6.45) is 1.66. The smallest absolute Gasteiger partial charge is 0.323 e. The van der Waals surface area contributed by atoms with E-state index in [4.69, 9.17) is 21.1 Å². The predicted molar refractivity (Wildman–Crippen MR) is 89.4 cm³/mol. The van der Waals surface area contributed by atoms with Crippen LogP contribution in [0.25, 0.3) is 0 Å². The van der Waals surface area contributed by atoms with Crippen molar-refractivity contribution in [3.8, 4) is 0 Å². The SMILES string of the molecule is CCOC(=O)C(C)(CCCC(O)c1cc(Cl)ccn1)C(=O)OCC. The van der Waals surface area contributed by atoms with Crippen LogP contribution in [0.4, 0.5) is 0 Å². The van der Waals surface area contributed by atoms with E-state index < -0.39 is 23.5 Å². The molecule has 0 aliphatic carbocycles. The van der Waals surface area contributed by atoms with Crippen molar-refractivity contribution >= 4 is 23.5 Å². The Morgan fingerprint density at radius 2 is 1.88 bits per heavy atom. The number of halogens is 1. The Balaban J connectivity index is 2.71. The molecule has 1 aromatic rings. The third-order valence-electron chi connectivity index (χ3n) is 3.69. The summed E-state index contributed by atoms with van der Waals surface area (Å²) in [6, 6.07) is 3.21. The molecule has 0 aliphatic heterocycles. The number of carbonyl (C=O) groups excluding carboxylic acids is 2. The van der Waals surface area contributed by atoms with Crippen molar-refractivity contribution in [2.45, 2.75) is 46.1 Å². The van der Waals surface area contributed by atoms with Crippen LogP contribution in [0.5, 0.6) is 0 Å². The van der Waals surface area contributed by atoms with Crippen molar-refractivity contribution in [1.82, 2.24) is 4.98 Å². The second kappa shape index (κ2) is 9.59. The maximum absolute atomic E-state index is 12.2. The summed E-state index contributed by atoms with van der Waals surface area (Å²) in [7, 11) is 0. The number of esters is 2. The largest absolute Gasteiger partial charge is 0.465 e. The van der Waals surface area contributed by atoms with E-state index in [1.807, 2.05) is 0 Å². The molecule has 24 heavy (non-hydrogen) atoms. The monoisotopic (exact) mass is 357 g/mol. The lowest BCUT2D eigenvalue weighted by Gasteiger charge is -2.25. The zero-order chi connectivity index (χ0) is 18.2. The third-order valence-corrected chi connectivity index (χ3v) is 3.93. The lowest BCUT2D eigenvalue weighted by Crippen LogP contribution is -2.39. The third kappa shape index (κ3) is 5.46. The Labute approximate surface area is 147 Å². The van der Waals surface area contributed by atoms with Gasteiger partial charge in [0.15, 0.2) is 5.41 Å². The van der Waals surface area contributed by atoms with Gasteiger partial charge in [0.1, 0.15) is 0 Å². The molecule has 0 radical (unpaired) electrons. The lowest BCUT2D eigenvalue weighted by atomic mass is 9.84. The van der Waals surface area contributed by atoms with Crippen molar-refractivity contribution in [3.63, 3.8) is 0 Å². The van der Waals surface area contributed by atoms with Crippen LogP contribution >= 0.6 is 11.6 Å². The highest BCUT2D eigenvalue weighted by Crippen LogP contribution is 2.30. The molecule has 0 saturated carbocycles. The van der Waals surface area contributed by atoms with Crippen LogP contribution in [0.1, 0.15) is 51.8 Å². The number of hydrogen-bond donors (Lipinski definition) is 1. The van der Waals surface area contributed by atoms with Gasteiger partial charge < -0.3 is 14.6 Å². The number of aromatic nitrogens is 1. The maximum atomic E-state index is 12.2. The molecule has 0 aliphatic rings. The van der Waals surface area contributed by atoms with Gasteiger partial charge in [0.25, 0.3) is 0 Å². The van der Waals surface area contributed by atoms with Crippen LogP contribution in [-0.2, 0) is 19.1 Å². The summed E-state index contributed by atoms with van der Waals surface area (Å²) < 4.78 is 10.0. The zero-order valence-corrected chi connectivity index (χ0v) is 15.0. The van der Waals surface area contributed by atoms with Crippen molar-refractivity contribution in [2.24, 2.45) is 5.41 Å². The Hall–Kier alpha value is -1.66. The van der Waals surface area contributed by atoms with E-state index in [0.717, 1.165) is 0 Å². The van der Waals surface area contributed by atoms with E-state index in [-0.39, 0.29) is 19.6 Å². The van der Waals surface area contributed by atoms with Crippen LogP contribution in [-0.4, -0.2) is 35.2 Å². The molecule has 0 aromatic carbocycles. The van der Waals surface area contributed by atoms with E-state index in [1.54, 1.807) is 26.0 Å². The van der Waals surface area contributed by atoms with Crippen LogP contribution in [0.3, 0.4) is 0 Å². The Morgan fingerprint density at radius 1 is 1.29 bits per heavy atom. The predicted octanol–water partition coefficient (Wildman–Crippen LogP) is 3.07. The fourth-order valence-corrected chi connectivity index (χ4v) is 2.44. The summed E-state index contributed by atoms with van der Waals surface area (Å²) in [5, 5.41) is 10.7. The van der Waals surface area contributed by atoms with E-state index in [0.29, 0.717) is 23.6 Å². The Morgan fingerprint density at radius 3 is 2.38 bits per heavy atom. The van der Waals surface area contributed by atoms with Gasteiger partial charge in [-0.3, -0.25) is 14.6 Å². The minimum atomic E-state index is -1.38. The quantitative estimate of drug-likeness (QED) is 0.540. The van der Waals surface area contributed by atoms with Crippen molar-refractivity contribution < 1.29 is 24.2 Å². The molecule has 0 spiro atoms. The first kappa shape index (κ1) is 20.4. The number of aliphatic hydroxyl groups excluding tert-OH is 1. The van der Waals surface area contributed by atoms with E-state index in [2.05, 4.69) is 4.98 Å². The molecule has 1 unspecified atom stereocenters. The van der Waals surface area contributed by atoms with E-state index in [1.165, 1.54) is 13.1 Å². The summed E-state index contributed by atoms with van der Waals surface area (Å²) >= 11 is 5.87. The number of carbonyl (C=O) groups is 2. The van der Waals surface area contributed by atoms with Gasteiger partial charge in [0, 0.05) is 11.2 Å². The maximum Gasteiger partial charge on any atom is 0.323 e. The first-order valence-corrected chi connectivity index (χ1v) is 8.36. The molecular weight excluding hydrogens is 334 g/mol. The fourth-order valence-electron chi connectivity index (χ4n) is 2.27. The number of nitrogens with zero attached hydrogens (tertiary/aromatic N) is 1. The van der Waals surface area contributed by atoms with Gasteiger partial charge in [-0.15, -0.1) is 0 Å². The second-order valence-electron chi connectivity index (χ2n) is 5.58. The Kier molecular flexibility index (Phi) is 8.15. The van der Waals surface area contributed by atoms with Crippen LogP contribution in [0.2, 0.25) is 5.02 Å². The van der Waals surface area contributed by atoms with Crippen LogP contribution in [0, 0.1) is 5.41 Å². The number of pyridine rings is 1. The van der Waals surface area contributed by atoms with Gasteiger partial charge in [-0.25, -0.2) is 0 Å². The van der Waals surface area contributed by atoms with E-state index >= 15 is 0 Å². The van der Waals surface area contributed by atoms with Crippen molar-refractivity contribution in [3.05, 3.63) is 29.0 Å². The van der Waals surface area contributed by atoms with Gasteiger partial charge >= 0.3 is 11.9 Å². The van der Waals surface area contributed by atoms with Crippen LogP contribution in [0.15, 0.2) is 18.3 Å². The lowest BCUT2D eigenvalue weighted by molar-refractivity contribution is -0.171. The average molecular weight is 358 g/mol. The fraction of sp³-hybridized carbons (Fsp3) is 0.588. The molecule has 6 nitrogen and oxygen atoms in total. The molecule has 0 amide bonds. The molecule has 1 heterocycles. The van der Waals surface area contributed by atoms with E-state index in [9.17, 15) is 14.7 Å². The summed E-state index contributed by atoms with van der Waals surface area (Å²) in [6.45, 7) is 5.23. The summed E-state index contributed by atoms with van der Waals surface area (Å²) in [5.41, 5.74) is -0.926. The highest BCUT2D eigenvalue weighted by Gasteiger charge is 2.43. The number of rotatable bonds is 9. The molecule has 1 atom stereocenters. The molecule has 0 fully saturated rings. The van der Waals surface area contributed by atoms with Gasteiger partial charge in [0.2, 0.25) is 0 Å². The Bertz CT molecular complexity index is 546. The molecule has 1 aromatic heterocycles. The van der Waals surface area contributed by atoms with Crippen LogP contribution < -0.4 is 0 Å². The molecule has 0 saturated heterocycles. The standard InChI is InChI=1S/C17H24ClNO5/c1-4-23-15(21)17(3,16(22)24-5-2)9-6-7-14(20)13-11-12(18)8-10-19-13/h8,10-11,14,20H,4-7,9H2,1-3H3. The van der Waals surface area contributed by atoms with Crippen molar-refractivity contribution in [2.75, 3.05) is 13.2 Å². The van der Waals surface area contributed by atoms with Gasteiger partial charge in [-0.05, 0) is 52.2 Å². The summed E-state index contributed by atoms with van der Waals surface area (Å²) in [4.78, 5) is 28.4. The number of ether oxygens (including phenoxy) is 2. The molecule has 1 N–H and O–H groups in total. The first-order valence-electron chi connectivity index (χ1n) is 7.99. The average Bonchev–Trinajstić information content (AvgIpc) is 2.54. The minimum Gasteiger partial charge on any atom is -0.465 e.